The molecule has 28 heavy (non-hydrogen) atoms. The number of nitrogens with zero attached hydrogens (tertiary/aromatic N) is 2. The van der Waals surface area contributed by atoms with Crippen molar-refractivity contribution in [2.75, 3.05) is 26.1 Å². The number of benzene rings is 1. The van der Waals surface area contributed by atoms with Crippen LogP contribution in [0.25, 0.3) is 0 Å². The largest absolute Gasteiger partial charge is 0.497 e. The van der Waals surface area contributed by atoms with Gasteiger partial charge in [-0.15, -0.1) is 11.3 Å². The standard InChI is InChI=1S/C21H23N3O3S/c1-26-17-7-8-19(20(13-17)27-2)23-21(25)24(11-9-18-6-4-12-28-18)15-16-5-3-10-22-14-16/h3-8,10,12-14H,9,11,15H2,1-2H3,(H,23,25). The third kappa shape index (κ3) is 5.23. The number of pyridine rings is 1. The van der Waals surface area contributed by atoms with Crippen LogP contribution in [-0.4, -0.2) is 36.7 Å². The van der Waals surface area contributed by atoms with E-state index < -0.39 is 0 Å². The number of nitrogens with one attached hydrogen (secondary N) is 1. The molecule has 2 aromatic heterocycles. The summed E-state index contributed by atoms with van der Waals surface area (Å²) in [6.07, 6.45) is 4.30. The minimum Gasteiger partial charge on any atom is -0.497 e. The maximum atomic E-state index is 13.0. The van der Waals surface area contributed by atoms with E-state index in [0.717, 1.165) is 12.0 Å². The number of ether oxygens (including phenoxy) is 2. The third-order valence-electron chi connectivity index (χ3n) is 4.24. The van der Waals surface area contributed by atoms with Crippen molar-refractivity contribution in [3.8, 4) is 11.5 Å². The van der Waals surface area contributed by atoms with Gasteiger partial charge in [0.25, 0.3) is 0 Å². The van der Waals surface area contributed by atoms with Crippen LogP contribution < -0.4 is 14.8 Å². The lowest BCUT2D eigenvalue weighted by atomic mass is 10.2. The molecule has 1 N–H and O–H groups in total. The quantitative estimate of drug-likeness (QED) is 0.610. The van der Waals surface area contributed by atoms with E-state index in [4.69, 9.17) is 9.47 Å². The van der Waals surface area contributed by atoms with Gasteiger partial charge in [-0.2, -0.15) is 0 Å². The second-order valence-corrected chi connectivity index (χ2v) is 7.14. The van der Waals surface area contributed by atoms with Crippen LogP contribution in [0.3, 0.4) is 0 Å². The maximum Gasteiger partial charge on any atom is 0.322 e. The number of urea groups is 1. The number of hydrogen-bond donors (Lipinski definition) is 1. The molecule has 0 bridgehead atoms. The molecule has 1 aromatic carbocycles. The summed E-state index contributed by atoms with van der Waals surface area (Å²) in [4.78, 5) is 20.2. The highest BCUT2D eigenvalue weighted by Crippen LogP contribution is 2.29. The summed E-state index contributed by atoms with van der Waals surface area (Å²) in [6.45, 7) is 1.07. The van der Waals surface area contributed by atoms with Gasteiger partial charge in [-0.1, -0.05) is 12.1 Å². The molecule has 0 aliphatic rings. The van der Waals surface area contributed by atoms with Crippen LogP contribution in [0.5, 0.6) is 11.5 Å². The number of aromatic nitrogens is 1. The van der Waals surface area contributed by atoms with Gasteiger partial charge < -0.3 is 19.7 Å². The summed E-state index contributed by atoms with van der Waals surface area (Å²) in [6, 6.07) is 13.1. The number of anilines is 1. The zero-order valence-corrected chi connectivity index (χ0v) is 16.7. The van der Waals surface area contributed by atoms with Crippen LogP contribution in [-0.2, 0) is 13.0 Å². The Morgan fingerprint density at radius 3 is 2.75 bits per heavy atom. The van der Waals surface area contributed by atoms with E-state index in [-0.39, 0.29) is 6.03 Å². The first-order valence-electron chi connectivity index (χ1n) is 8.89. The summed E-state index contributed by atoms with van der Waals surface area (Å²) >= 11 is 1.69. The molecule has 3 aromatic rings. The molecule has 0 aliphatic carbocycles. The number of amides is 2. The molecule has 7 heteroatoms. The van der Waals surface area contributed by atoms with E-state index >= 15 is 0 Å². The van der Waals surface area contributed by atoms with E-state index in [0.29, 0.717) is 30.3 Å². The summed E-state index contributed by atoms with van der Waals surface area (Å²) < 4.78 is 10.6. The van der Waals surface area contributed by atoms with Gasteiger partial charge in [-0.05, 0) is 41.6 Å². The van der Waals surface area contributed by atoms with Gasteiger partial charge in [0.05, 0.1) is 19.9 Å². The second-order valence-electron chi connectivity index (χ2n) is 6.11. The average molecular weight is 398 g/mol. The number of carbonyl (C=O) groups is 1. The SMILES string of the molecule is COc1ccc(NC(=O)N(CCc2cccs2)Cc2cccnc2)c(OC)c1. The predicted molar refractivity (Wildman–Crippen MR) is 111 cm³/mol. The van der Waals surface area contributed by atoms with E-state index in [1.807, 2.05) is 23.6 Å². The van der Waals surface area contributed by atoms with Crippen LogP contribution in [0.4, 0.5) is 10.5 Å². The molecule has 0 aliphatic heterocycles. The van der Waals surface area contributed by atoms with Crippen molar-refractivity contribution in [2.45, 2.75) is 13.0 Å². The molecule has 0 saturated heterocycles. The van der Waals surface area contributed by atoms with Gasteiger partial charge in [-0.3, -0.25) is 4.98 Å². The smallest absolute Gasteiger partial charge is 0.322 e. The summed E-state index contributed by atoms with van der Waals surface area (Å²) in [5.74, 6) is 1.21. The Morgan fingerprint density at radius 2 is 2.07 bits per heavy atom. The van der Waals surface area contributed by atoms with E-state index in [9.17, 15) is 4.79 Å². The molecule has 2 heterocycles. The lowest BCUT2D eigenvalue weighted by Gasteiger charge is -2.23. The number of methoxy groups -OCH3 is 2. The van der Waals surface area contributed by atoms with E-state index in [1.54, 1.807) is 61.0 Å². The fourth-order valence-electron chi connectivity index (χ4n) is 2.76. The minimum atomic E-state index is -0.191. The van der Waals surface area contributed by atoms with Crippen molar-refractivity contribution in [1.82, 2.24) is 9.88 Å². The molecule has 0 fully saturated rings. The van der Waals surface area contributed by atoms with Gasteiger partial charge >= 0.3 is 6.03 Å². The number of carbonyl (C=O) groups excluding carboxylic acids is 1. The molecule has 0 spiro atoms. The first-order chi connectivity index (χ1) is 13.7. The lowest BCUT2D eigenvalue weighted by Crippen LogP contribution is -2.36. The zero-order valence-electron chi connectivity index (χ0n) is 15.9. The van der Waals surface area contributed by atoms with Crippen LogP contribution in [0, 0.1) is 0 Å². The third-order valence-corrected chi connectivity index (χ3v) is 5.18. The predicted octanol–water partition coefficient (Wildman–Crippen LogP) is 4.44. The Kier molecular flexibility index (Phi) is 6.86. The molecule has 0 saturated carbocycles. The molecule has 146 valence electrons. The van der Waals surface area contributed by atoms with Crippen molar-refractivity contribution in [3.05, 3.63) is 70.7 Å². The molecule has 0 radical (unpaired) electrons. The topological polar surface area (TPSA) is 63.7 Å². The molecule has 0 atom stereocenters. The van der Waals surface area contributed by atoms with Crippen LogP contribution >= 0.6 is 11.3 Å². The normalized spacial score (nSPS) is 10.4. The number of rotatable bonds is 8. The Labute approximate surface area is 168 Å². The van der Waals surface area contributed by atoms with Crippen LogP contribution in [0.2, 0.25) is 0 Å². The Balaban J connectivity index is 1.75. The van der Waals surface area contributed by atoms with Crippen LogP contribution in [0.1, 0.15) is 10.4 Å². The first kappa shape index (κ1) is 19.7. The molecular weight excluding hydrogens is 374 g/mol. The highest BCUT2D eigenvalue weighted by Gasteiger charge is 2.17. The van der Waals surface area contributed by atoms with Crippen LogP contribution in [0.15, 0.2) is 60.2 Å². The summed E-state index contributed by atoms with van der Waals surface area (Å²) in [5, 5.41) is 5.00. The Bertz CT molecular complexity index is 885. The fraction of sp³-hybridized carbons (Fsp3) is 0.238. The van der Waals surface area contributed by atoms with Crippen molar-refractivity contribution in [3.63, 3.8) is 0 Å². The van der Waals surface area contributed by atoms with Crippen molar-refractivity contribution >= 4 is 23.1 Å². The number of hydrogen-bond acceptors (Lipinski definition) is 5. The fourth-order valence-corrected chi connectivity index (χ4v) is 3.46. The zero-order chi connectivity index (χ0) is 19.8. The van der Waals surface area contributed by atoms with Crippen molar-refractivity contribution in [2.24, 2.45) is 0 Å². The van der Waals surface area contributed by atoms with Gasteiger partial charge in [0.1, 0.15) is 11.5 Å². The van der Waals surface area contributed by atoms with E-state index in [1.165, 1.54) is 4.88 Å². The van der Waals surface area contributed by atoms with Crippen molar-refractivity contribution < 1.29 is 14.3 Å². The Morgan fingerprint density at radius 1 is 1.18 bits per heavy atom. The molecule has 0 unspecified atom stereocenters. The minimum absolute atomic E-state index is 0.191. The van der Waals surface area contributed by atoms with E-state index in [2.05, 4.69) is 16.4 Å². The number of thiophene rings is 1. The maximum absolute atomic E-state index is 13.0. The molecule has 6 nitrogen and oxygen atoms in total. The summed E-state index contributed by atoms with van der Waals surface area (Å²) in [5.41, 5.74) is 1.58. The summed E-state index contributed by atoms with van der Waals surface area (Å²) in [7, 11) is 3.15. The highest BCUT2D eigenvalue weighted by molar-refractivity contribution is 7.09. The molecular formula is C21H23N3O3S. The highest BCUT2D eigenvalue weighted by atomic mass is 32.1. The molecule has 3 rings (SSSR count). The lowest BCUT2D eigenvalue weighted by molar-refractivity contribution is 0.209. The van der Waals surface area contributed by atoms with Crippen molar-refractivity contribution in [1.29, 1.82) is 0 Å². The Hall–Kier alpha value is -3.06. The monoisotopic (exact) mass is 397 g/mol. The van der Waals surface area contributed by atoms with Gasteiger partial charge in [0, 0.05) is 36.4 Å². The van der Waals surface area contributed by atoms with Gasteiger partial charge in [-0.25, -0.2) is 4.79 Å². The first-order valence-corrected chi connectivity index (χ1v) is 9.77. The van der Waals surface area contributed by atoms with Gasteiger partial charge in [0.2, 0.25) is 0 Å². The average Bonchev–Trinajstić information content (AvgIpc) is 3.25. The van der Waals surface area contributed by atoms with Gasteiger partial charge in [0.15, 0.2) is 0 Å². The molecule has 2 amide bonds. The second kappa shape index (κ2) is 9.75.